The van der Waals surface area contributed by atoms with E-state index in [1.807, 2.05) is 41.1 Å². The number of halogens is 5. The third kappa shape index (κ3) is 6.56. The van der Waals surface area contributed by atoms with Crippen molar-refractivity contribution in [1.82, 2.24) is 19.8 Å². The molecule has 1 spiro atoms. The number of imide groups is 1. The lowest BCUT2D eigenvalue weighted by atomic mass is 9.92. The van der Waals surface area contributed by atoms with Gasteiger partial charge in [0.15, 0.2) is 0 Å². The number of pyridine rings is 1. The molecule has 238 valence electrons. The van der Waals surface area contributed by atoms with Crippen LogP contribution in [0, 0.1) is 5.41 Å². The lowest BCUT2D eigenvalue weighted by molar-refractivity contribution is -0.192. The van der Waals surface area contributed by atoms with Gasteiger partial charge in [0.1, 0.15) is 5.67 Å². The number of carbonyl (C=O) groups excluding carboxylic acids is 2. The first-order valence-corrected chi connectivity index (χ1v) is 15.6. The van der Waals surface area contributed by atoms with E-state index in [1.165, 1.54) is 4.90 Å². The maximum Gasteiger partial charge on any atom is 0.490 e. The lowest BCUT2D eigenvalue weighted by Gasteiger charge is -2.31. The van der Waals surface area contributed by atoms with Crippen LogP contribution in [0.3, 0.4) is 0 Å². The van der Waals surface area contributed by atoms with Gasteiger partial charge in [-0.05, 0) is 74.5 Å². The van der Waals surface area contributed by atoms with Crippen molar-refractivity contribution in [3.63, 3.8) is 0 Å². The summed E-state index contributed by atoms with van der Waals surface area (Å²) in [6.07, 6.45) is 2.50. The molecule has 2 N–H and O–H groups in total. The topological polar surface area (TPSA) is 105 Å². The van der Waals surface area contributed by atoms with Gasteiger partial charge >= 0.3 is 12.1 Å². The van der Waals surface area contributed by atoms with Gasteiger partial charge in [-0.3, -0.25) is 19.5 Å². The van der Waals surface area contributed by atoms with Gasteiger partial charge < -0.3 is 15.0 Å². The summed E-state index contributed by atoms with van der Waals surface area (Å²) in [6.45, 7) is 1.92. The van der Waals surface area contributed by atoms with Gasteiger partial charge in [0.25, 0.3) is 0 Å². The number of hydrogen-bond donors (Lipinski definition) is 2. The second-order valence-corrected chi connectivity index (χ2v) is 13.6. The Morgan fingerprint density at radius 3 is 2.33 bits per heavy atom. The molecule has 3 aromatic heterocycles. The second kappa shape index (κ2) is 11.7. The molecular formula is C31H29ClF4N4O4S. The fourth-order valence-corrected chi connectivity index (χ4v) is 7.52. The number of aliphatic carboxylic acids is 1. The first-order valence-electron chi connectivity index (χ1n) is 14.5. The largest absolute Gasteiger partial charge is 0.490 e. The zero-order chi connectivity index (χ0) is 32.1. The van der Waals surface area contributed by atoms with Crippen molar-refractivity contribution in [3.8, 4) is 11.1 Å². The number of alkyl halides is 4. The Balaban J connectivity index is 0.000000460. The van der Waals surface area contributed by atoms with Crippen molar-refractivity contribution in [2.24, 2.45) is 5.41 Å². The molecule has 1 aliphatic carbocycles. The number of likely N-dealkylation sites (tertiary alicyclic amines) is 1. The molecule has 4 aromatic rings. The molecule has 1 aromatic carbocycles. The summed E-state index contributed by atoms with van der Waals surface area (Å²) in [6, 6.07) is 9.79. The van der Waals surface area contributed by atoms with Gasteiger partial charge in [-0.15, -0.1) is 11.3 Å². The van der Waals surface area contributed by atoms with Crippen LogP contribution in [0.5, 0.6) is 0 Å². The SMILES string of the molecule is O=C(O)C(F)(F)F.O=C1CC2(CC2)CC(=O)N1Cc1cc2nccc(-c3cc(Cl)cc4ccn(CC5(F)CCNCC5)c34)c2s1. The molecule has 0 bridgehead atoms. The zero-order valence-corrected chi connectivity index (χ0v) is 25.5. The second-order valence-electron chi connectivity index (χ2n) is 12.1. The van der Waals surface area contributed by atoms with E-state index in [4.69, 9.17) is 21.5 Å². The van der Waals surface area contributed by atoms with Gasteiger partial charge in [-0.2, -0.15) is 13.2 Å². The Morgan fingerprint density at radius 2 is 1.71 bits per heavy atom. The van der Waals surface area contributed by atoms with Gasteiger partial charge in [0, 0.05) is 51.6 Å². The Morgan fingerprint density at radius 1 is 1.04 bits per heavy atom. The predicted octanol–water partition coefficient (Wildman–Crippen LogP) is 6.73. The molecule has 45 heavy (non-hydrogen) atoms. The van der Waals surface area contributed by atoms with E-state index >= 15 is 4.39 Å². The Labute approximate surface area is 264 Å². The molecule has 2 amide bonds. The summed E-state index contributed by atoms with van der Waals surface area (Å²) < 4.78 is 50.4. The molecule has 14 heteroatoms. The lowest BCUT2D eigenvalue weighted by Crippen LogP contribution is -2.43. The molecule has 2 saturated heterocycles. The minimum Gasteiger partial charge on any atom is -0.475 e. The van der Waals surface area contributed by atoms with Gasteiger partial charge in [-0.1, -0.05) is 11.6 Å². The van der Waals surface area contributed by atoms with E-state index < -0.39 is 17.8 Å². The van der Waals surface area contributed by atoms with Crippen LogP contribution >= 0.6 is 22.9 Å². The first kappa shape index (κ1) is 31.4. The number of piperidine rings is 2. The number of hydrogen-bond acceptors (Lipinski definition) is 6. The molecule has 0 unspecified atom stereocenters. The summed E-state index contributed by atoms with van der Waals surface area (Å²) in [4.78, 5) is 41.4. The molecule has 0 radical (unpaired) electrons. The number of carboxylic acids is 1. The fraction of sp³-hybridized carbons (Fsp3) is 0.419. The third-order valence-corrected chi connectivity index (χ3v) is 10.1. The number of rotatable bonds is 5. The first-order chi connectivity index (χ1) is 21.3. The number of amides is 2. The summed E-state index contributed by atoms with van der Waals surface area (Å²) in [5.74, 6) is -2.90. The average molecular weight is 665 g/mol. The van der Waals surface area contributed by atoms with Crippen LogP contribution in [0.15, 0.2) is 42.7 Å². The molecular weight excluding hydrogens is 636 g/mol. The number of nitrogens with one attached hydrogen (secondary N) is 1. The monoisotopic (exact) mass is 664 g/mol. The zero-order valence-electron chi connectivity index (χ0n) is 23.9. The van der Waals surface area contributed by atoms with Crippen molar-refractivity contribution in [2.45, 2.75) is 63.5 Å². The van der Waals surface area contributed by atoms with Gasteiger partial charge in [0.05, 0.1) is 28.8 Å². The predicted molar refractivity (Wildman–Crippen MR) is 162 cm³/mol. The summed E-state index contributed by atoms with van der Waals surface area (Å²) in [5, 5.41) is 11.9. The quantitative estimate of drug-likeness (QED) is 0.181. The van der Waals surface area contributed by atoms with E-state index in [2.05, 4.69) is 10.3 Å². The summed E-state index contributed by atoms with van der Waals surface area (Å²) in [7, 11) is 0. The number of aromatic nitrogens is 2. The third-order valence-electron chi connectivity index (χ3n) is 8.70. The number of nitrogens with zero attached hydrogens (tertiary/aromatic N) is 3. The highest BCUT2D eigenvalue weighted by Crippen LogP contribution is 2.54. The molecule has 1 saturated carbocycles. The van der Waals surface area contributed by atoms with Gasteiger partial charge in [0.2, 0.25) is 11.8 Å². The van der Waals surface area contributed by atoms with Crippen LogP contribution in [0.4, 0.5) is 17.6 Å². The molecule has 5 heterocycles. The molecule has 3 fully saturated rings. The van der Waals surface area contributed by atoms with Crippen molar-refractivity contribution >= 4 is 61.8 Å². The number of benzene rings is 1. The Hall–Kier alpha value is -3.55. The van der Waals surface area contributed by atoms with E-state index in [9.17, 15) is 22.8 Å². The van der Waals surface area contributed by atoms with Crippen molar-refractivity contribution in [3.05, 3.63) is 52.6 Å². The molecule has 0 atom stereocenters. The maximum atomic E-state index is 15.7. The van der Waals surface area contributed by atoms with E-state index in [1.54, 1.807) is 17.5 Å². The smallest absolute Gasteiger partial charge is 0.475 e. The standard InChI is InChI=1S/C29H28ClFN4O2S.C2HF3O2/c30-19-11-18-2-10-34(17-29(31)5-8-32-9-6-29)26(18)22(12-19)21-1-7-33-23-13-20(38-27(21)23)16-35-24(36)14-28(3-4-28)15-25(35)37;3-2(4,5)1(6)7/h1-2,7,10-13,32H,3-6,8-9,14-17H2;(H,6,7). The molecule has 7 rings (SSSR count). The van der Waals surface area contributed by atoms with Crippen molar-refractivity contribution in [1.29, 1.82) is 0 Å². The van der Waals surface area contributed by atoms with E-state index in [0.717, 1.165) is 50.0 Å². The highest BCUT2D eigenvalue weighted by atomic mass is 35.5. The maximum absolute atomic E-state index is 15.7. The molecule has 3 aliphatic rings. The van der Waals surface area contributed by atoms with Crippen molar-refractivity contribution in [2.75, 3.05) is 13.1 Å². The average Bonchev–Trinajstić information content (AvgIpc) is 3.37. The molecule has 8 nitrogen and oxygen atoms in total. The van der Waals surface area contributed by atoms with Crippen LogP contribution in [0.1, 0.15) is 43.4 Å². The van der Waals surface area contributed by atoms with Crippen LogP contribution < -0.4 is 5.32 Å². The van der Waals surface area contributed by atoms with Gasteiger partial charge in [-0.25, -0.2) is 9.18 Å². The Kier molecular flexibility index (Phi) is 8.15. The normalized spacial score (nSPS) is 19.2. The van der Waals surface area contributed by atoms with Crippen LogP contribution in [0.25, 0.3) is 32.2 Å². The minimum atomic E-state index is -5.08. The molecule has 2 aliphatic heterocycles. The number of fused-ring (bicyclic) bond motifs is 2. The van der Waals surface area contributed by atoms with E-state index in [0.29, 0.717) is 43.8 Å². The minimum absolute atomic E-state index is 0.0568. The Bertz CT molecular complexity index is 1790. The van der Waals surface area contributed by atoms with E-state index in [-0.39, 0.29) is 30.3 Å². The highest BCUT2D eigenvalue weighted by Gasteiger charge is 2.51. The van der Waals surface area contributed by atoms with Crippen molar-refractivity contribution < 1.29 is 37.1 Å². The van der Waals surface area contributed by atoms with Crippen LogP contribution in [-0.2, 0) is 27.5 Å². The van der Waals surface area contributed by atoms with Crippen LogP contribution in [-0.4, -0.2) is 62.3 Å². The summed E-state index contributed by atoms with van der Waals surface area (Å²) >= 11 is 8.11. The van der Waals surface area contributed by atoms with Crippen LogP contribution in [0.2, 0.25) is 5.02 Å². The number of carboxylic acid groups (broad SMARTS) is 1. The number of thiophene rings is 1. The highest BCUT2D eigenvalue weighted by molar-refractivity contribution is 7.19. The summed E-state index contributed by atoms with van der Waals surface area (Å²) in [5.41, 5.74) is 2.33. The number of carbonyl (C=O) groups is 3. The fourth-order valence-electron chi connectivity index (χ4n) is 6.16.